The third-order valence-electron chi connectivity index (χ3n) is 2.20. The maximum Gasteiger partial charge on any atom is 0.317 e. The van der Waals surface area contributed by atoms with E-state index in [2.05, 4.69) is 5.32 Å². The summed E-state index contributed by atoms with van der Waals surface area (Å²) in [4.78, 5) is 23.5. The normalized spacial score (nSPS) is 14.0. The molecule has 0 saturated carbocycles. The summed E-state index contributed by atoms with van der Waals surface area (Å²) in [6.45, 7) is 6.14. The second kappa shape index (κ2) is 6.32. The Morgan fingerprint density at radius 3 is 2.19 bits per heavy atom. The largest absolute Gasteiger partial charge is 0.481 e. The molecule has 6 heteroatoms. The van der Waals surface area contributed by atoms with E-state index >= 15 is 0 Å². The van der Waals surface area contributed by atoms with Crippen molar-refractivity contribution in [3.8, 4) is 0 Å². The molecule has 0 aliphatic heterocycles. The Morgan fingerprint density at radius 2 is 1.81 bits per heavy atom. The molecule has 0 aromatic heterocycles. The quantitative estimate of drug-likeness (QED) is 0.613. The first kappa shape index (κ1) is 14.7. The molecular weight excluding hydrogens is 212 g/mol. The fraction of sp³-hybridized carbons (Fsp3) is 0.800. The van der Waals surface area contributed by atoms with Crippen LogP contribution in [-0.2, 0) is 4.79 Å². The Morgan fingerprint density at radius 1 is 1.31 bits per heavy atom. The third-order valence-corrected chi connectivity index (χ3v) is 2.20. The van der Waals surface area contributed by atoms with Crippen molar-refractivity contribution in [3.63, 3.8) is 0 Å². The number of nitrogens with zero attached hydrogens (tertiary/aromatic N) is 1. The number of urea groups is 1. The van der Waals surface area contributed by atoms with E-state index in [0.717, 1.165) is 0 Å². The highest BCUT2D eigenvalue weighted by molar-refractivity contribution is 5.74. The predicted molar refractivity (Wildman–Crippen MR) is 59.2 cm³/mol. The predicted octanol–water partition coefficient (Wildman–Crippen LogP) is 0.263. The minimum atomic E-state index is -1.42. The first-order valence-corrected chi connectivity index (χ1v) is 5.29. The van der Waals surface area contributed by atoms with Crippen LogP contribution >= 0.6 is 0 Å². The van der Waals surface area contributed by atoms with Gasteiger partial charge in [-0.25, -0.2) is 4.79 Å². The van der Waals surface area contributed by atoms with E-state index in [0.29, 0.717) is 13.1 Å². The van der Waals surface area contributed by atoms with Gasteiger partial charge >= 0.3 is 12.0 Å². The minimum Gasteiger partial charge on any atom is -0.481 e. The van der Waals surface area contributed by atoms with Crippen LogP contribution in [0.25, 0.3) is 0 Å². The lowest BCUT2D eigenvalue weighted by Crippen LogP contribution is -2.47. The van der Waals surface area contributed by atoms with Gasteiger partial charge in [-0.2, -0.15) is 0 Å². The number of hydrogen-bond donors (Lipinski definition) is 3. The molecule has 0 aliphatic rings. The molecular formula is C10H20N2O4. The van der Waals surface area contributed by atoms with E-state index < -0.39 is 18.0 Å². The second-order valence-electron chi connectivity index (χ2n) is 3.90. The van der Waals surface area contributed by atoms with Crippen molar-refractivity contribution >= 4 is 12.0 Å². The van der Waals surface area contributed by atoms with Gasteiger partial charge in [-0.1, -0.05) is 0 Å². The molecule has 3 N–H and O–H groups in total. The van der Waals surface area contributed by atoms with Gasteiger partial charge in [0.1, 0.15) is 0 Å². The monoisotopic (exact) mass is 232 g/mol. The van der Waals surface area contributed by atoms with Crippen LogP contribution in [0.4, 0.5) is 4.79 Å². The first-order valence-electron chi connectivity index (χ1n) is 5.29. The van der Waals surface area contributed by atoms with Crippen LogP contribution in [0.3, 0.4) is 0 Å². The number of rotatable bonds is 6. The molecule has 0 heterocycles. The van der Waals surface area contributed by atoms with Gasteiger partial charge in [-0.05, 0) is 20.8 Å². The zero-order chi connectivity index (χ0) is 12.8. The Kier molecular flexibility index (Phi) is 5.81. The molecule has 94 valence electrons. The van der Waals surface area contributed by atoms with Crippen LogP contribution in [0, 0.1) is 0 Å². The fourth-order valence-electron chi connectivity index (χ4n) is 1.28. The highest BCUT2D eigenvalue weighted by Gasteiger charge is 2.25. The molecule has 0 saturated heterocycles. The molecule has 0 radical (unpaired) electrons. The average Bonchev–Trinajstić information content (AvgIpc) is 2.15. The molecule has 0 aromatic rings. The smallest absolute Gasteiger partial charge is 0.317 e. The van der Waals surface area contributed by atoms with Crippen molar-refractivity contribution in [3.05, 3.63) is 0 Å². The summed E-state index contributed by atoms with van der Waals surface area (Å²) in [6.07, 6.45) is -0.397. The lowest BCUT2D eigenvalue weighted by atomic mass is 10.0. The van der Waals surface area contributed by atoms with Crippen LogP contribution in [0.5, 0.6) is 0 Å². The number of carboxylic acid groups (broad SMARTS) is 1. The second-order valence-corrected chi connectivity index (χ2v) is 3.90. The number of nitrogens with one attached hydrogen (secondary N) is 1. The van der Waals surface area contributed by atoms with Gasteiger partial charge in [0.2, 0.25) is 0 Å². The van der Waals surface area contributed by atoms with Crippen LogP contribution in [0.1, 0.15) is 27.2 Å². The van der Waals surface area contributed by atoms with E-state index in [1.54, 1.807) is 4.90 Å². The first-order chi connectivity index (χ1) is 7.32. The highest BCUT2D eigenvalue weighted by atomic mass is 16.4. The molecule has 0 aliphatic carbocycles. The minimum absolute atomic E-state index is 0.0748. The Bertz CT molecular complexity index is 249. The topological polar surface area (TPSA) is 89.9 Å². The number of amides is 2. The van der Waals surface area contributed by atoms with Crippen molar-refractivity contribution in [1.29, 1.82) is 0 Å². The van der Waals surface area contributed by atoms with Crippen molar-refractivity contribution < 1.29 is 19.8 Å². The molecule has 0 fully saturated rings. The van der Waals surface area contributed by atoms with E-state index in [4.69, 9.17) is 5.11 Å². The van der Waals surface area contributed by atoms with Gasteiger partial charge in [0.15, 0.2) is 0 Å². The number of carbonyl (C=O) groups excluding carboxylic acids is 1. The summed E-state index contributed by atoms with van der Waals surface area (Å²) in [7, 11) is 0. The van der Waals surface area contributed by atoms with Crippen LogP contribution < -0.4 is 5.32 Å². The lowest BCUT2D eigenvalue weighted by molar-refractivity contribution is -0.141. The number of carbonyl (C=O) groups is 2. The molecule has 16 heavy (non-hydrogen) atoms. The Labute approximate surface area is 95.2 Å². The molecule has 6 nitrogen and oxygen atoms in total. The Balaban J connectivity index is 4.12. The third kappa shape index (κ3) is 5.55. The summed E-state index contributed by atoms with van der Waals surface area (Å²) >= 11 is 0. The maximum atomic E-state index is 11.5. The zero-order valence-electron chi connectivity index (χ0n) is 9.99. The zero-order valence-corrected chi connectivity index (χ0v) is 9.99. The van der Waals surface area contributed by atoms with Gasteiger partial charge in [0, 0.05) is 19.6 Å². The van der Waals surface area contributed by atoms with Crippen molar-refractivity contribution in [1.82, 2.24) is 10.2 Å². The summed E-state index contributed by atoms with van der Waals surface area (Å²) in [5.74, 6) is -1.10. The number of hydrogen-bond acceptors (Lipinski definition) is 3. The maximum absolute atomic E-state index is 11.5. The van der Waals surface area contributed by atoms with Crippen LogP contribution in [0.2, 0.25) is 0 Å². The van der Waals surface area contributed by atoms with Crippen molar-refractivity contribution in [2.24, 2.45) is 0 Å². The van der Waals surface area contributed by atoms with Gasteiger partial charge in [0.05, 0.1) is 12.0 Å². The Hall–Kier alpha value is -1.30. The summed E-state index contributed by atoms with van der Waals surface area (Å²) < 4.78 is 0. The van der Waals surface area contributed by atoms with E-state index in [9.17, 15) is 14.7 Å². The van der Waals surface area contributed by atoms with E-state index in [1.165, 1.54) is 6.92 Å². The van der Waals surface area contributed by atoms with Crippen LogP contribution in [0.15, 0.2) is 0 Å². The molecule has 2 amide bonds. The van der Waals surface area contributed by atoms with Crippen molar-refractivity contribution in [2.75, 3.05) is 19.6 Å². The standard InChI is InChI=1S/C10H20N2O4/c1-4-12(5-2)9(15)11-7-10(3,16)6-8(13)14/h16H,4-7H2,1-3H3,(H,11,15)(H,13,14). The van der Waals surface area contributed by atoms with Crippen LogP contribution in [-0.4, -0.2) is 52.3 Å². The molecule has 1 atom stereocenters. The van der Waals surface area contributed by atoms with Gasteiger partial charge in [-0.3, -0.25) is 4.79 Å². The summed E-state index contributed by atoms with van der Waals surface area (Å²) in [5, 5.41) is 20.7. The van der Waals surface area contributed by atoms with E-state index in [-0.39, 0.29) is 12.6 Å². The number of aliphatic carboxylic acids is 1. The highest BCUT2D eigenvalue weighted by Crippen LogP contribution is 2.07. The summed E-state index contributed by atoms with van der Waals surface area (Å²) in [5.41, 5.74) is -1.42. The molecule has 1 unspecified atom stereocenters. The average molecular weight is 232 g/mol. The fourth-order valence-corrected chi connectivity index (χ4v) is 1.28. The van der Waals surface area contributed by atoms with Crippen molar-refractivity contribution in [2.45, 2.75) is 32.8 Å². The molecule has 0 rings (SSSR count). The molecule has 0 bridgehead atoms. The molecule has 0 aromatic carbocycles. The van der Waals surface area contributed by atoms with Gasteiger partial charge in [-0.15, -0.1) is 0 Å². The molecule has 0 spiro atoms. The summed E-state index contributed by atoms with van der Waals surface area (Å²) in [6, 6.07) is -0.296. The lowest BCUT2D eigenvalue weighted by Gasteiger charge is -2.25. The SMILES string of the molecule is CCN(CC)C(=O)NCC(C)(O)CC(=O)O. The van der Waals surface area contributed by atoms with Gasteiger partial charge in [0.25, 0.3) is 0 Å². The van der Waals surface area contributed by atoms with E-state index in [1.807, 2.05) is 13.8 Å². The number of carboxylic acids is 1. The van der Waals surface area contributed by atoms with Gasteiger partial charge < -0.3 is 20.4 Å². The number of aliphatic hydroxyl groups is 1.